The van der Waals surface area contributed by atoms with Crippen molar-refractivity contribution in [2.75, 3.05) is 0 Å². The van der Waals surface area contributed by atoms with E-state index >= 15 is 0 Å². The van der Waals surface area contributed by atoms with E-state index in [0.717, 1.165) is 4.47 Å². The maximum absolute atomic E-state index is 10.4. The van der Waals surface area contributed by atoms with Crippen molar-refractivity contribution in [3.8, 4) is 0 Å². The maximum atomic E-state index is 10.4. The summed E-state index contributed by atoms with van der Waals surface area (Å²) in [5, 5.41) is 0.310. The Labute approximate surface area is 140 Å². The smallest absolute Gasteiger partial charge is 0.152 e. The number of carbonyl (C=O) groups is 4. The van der Waals surface area contributed by atoms with Crippen LogP contribution in [0, 0.1) is 0 Å². The van der Waals surface area contributed by atoms with Crippen molar-refractivity contribution in [1.82, 2.24) is 0 Å². The van der Waals surface area contributed by atoms with Crippen LogP contribution in [-0.4, -0.2) is 25.1 Å². The van der Waals surface area contributed by atoms with Crippen LogP contribution in [0.2, 0.25) is 5.02 Å². The van der Waals surface area contributed by atoms with E-state index < -0.39 is 0 Å². The van der Waals surface area contributed by atoms with Crippen LogP contribution in [0.5, 0.6) is 0 Å². The SMILES string of the molecule is O=Cc1ccc(Br)cc1C=O.O=Cc1cccc(Cl)c1C=O. The Balaban J connectivity index is 0.000000220. The van der Waals surface area contributed by atoms with Crippen LogP contribution in [0.4, 0.5) is 0 Å². The molecule has 22 heavy (non-hydrogen) atoms. The Morgan fingerprint density at radius 2 is 1.41 bits per heavy atom. The molecule has 2 aromatic rings. The zero-order chi connectivity index (χ0) is 16.5. The van der Waals surface area contributed by atoms with E-state index in [-0.39, 0.29) is 5.56 Å². The lowest BCUT2D eigenvalue weighted by Crippen LogP contribution is -1.90. The van der Waals surface area contributed by atoms with Gasteiger partial charge in [0, 0.05) is 26.7 Å². The predicted octanol–water partition coefficient (Wildman–Crippen LogP) is 4.04. The number of benzene rings is 2. The molecule has 0 heterocycles. The van der Waals surface area contributed by atoms with Crippen LogP contribution in [0.1, 0.15) is 41.4 Å². The summed E-state index contributed by atoms with van der Waals surface area (Å²) in [6.45, 7) is 0. The Hall–Kier alpha value is -2.11. The minimum atomic E-state index is 0.254. The fourth-order valence-electron chi connectivity index (χ4n) is 1.54. The van der Waals surface area contributed by atoms with Gasteiger partial charge in [0.25, 0.3) is 0 Å². The zero-order valence-electron chi connectivity index (χ0n) is 11.2. The highest BCUT2D eigenvalue weighted by atomic mass is 79.9. The second-order valence-electron chi connectivity index (χ2n) is 3.99. The first-order valence-corrected chi connectivity index (χ1v) is 7.13. The van der Waals surface area contributed by atoms with Gasteiger partial charge in [0.05, 0.1) is 5.02 Å². The third-order valence-electron chi connectivity index (χ3n) is 2.63. The van der Waals surface area contributed by atoms with E-state index in [1.54, 1.807) is 36.4 Å². The van der Waals surface area contributed by atoms with Crippen molar-refractivity contribution in [3.05, 3.63) is 68.1 Å². The summed E-state index contributed by atoms with van der Waals surface area (Å²) < 4.78 is 0.796. The van der Waals surface area contributed by atoms with Crippen molar-refractivity contribution in [2.24, 2.45) is 0 Å². The molecule has 0 aliphatic carbocycles. The third-order valence-corrected chi connectivity index (χ3v) is 3.46. The normalized spacial score (nSPS) is 9.18. The van der Waals surface area contributed by atoms with Gasteiger partial charge in [-0.2, -0.15) is 0 Å². The van der Waals surface area contributed by atoms with Gasteiger partial charge in [0.2, 0.25) is 0 Å². The summed E-state index contributed by atoms with van der Waals surface area (Å²) >= 11 is 8.81. The highest BCUT2D eigenvalue weighted by Crippen LogP contribution is 2.16. The summed E-state index contributed by atoms with van der Waals surface area (Å²) in [5.74, 6) is 0. The first kappa shape index (κ1) is 17.9. The van der Waals surface area contributed by atoms with Crippen LogP contribution in [0.3, 0.4) is 0 Å². The van der Waals surface area contributed by atoms with E-state index in [4.69, 9.17) is 11.6 Å². The van der Waals surface area contributed by atoms with Crippen molar-refractivity contribution in [1.29, 1.82) is 0 Å². The second kappa shape index (κ2) is 9.02. The molecule has 6 heteroatoms. The number of hydrogen-bond acceptors (Lipinski definition) is 4. The molecule has 0 spiro atoms. The Morgan fingerprint density at radius 1 is 0.773 bits per heavy atom. The van der Waals surface area contributed by atoms with Gasteiger partial charge in [0.15, 0.2) is 25.1 Å². The van der Waals surface area contributed by atoms with E-state index in [1.165, 1.54) is 0 Å². The van der Waals surface area contributed by atoms with Crippen molar-refractivity contribution < 1.29 is 19.2 Å². The molecule has 2 rings (SSSR count). The summed E-state index contributed by atoms with van der Waals surface area (Å²) in [5.41, 5.74) is 1.41. The summed E-state index contributed by atoms with van der Waals surface area (Å²) in [6, 6.07) is 9.66. The molecule has 0 atom stereocenters. The van der Waals surface area contributed by atoms with Crippen LogP contribution in [0.15, 0.2) is 40.9 Å². The van der Waals surface area contributed by atoms with Crippen molar-refractivity contribution >= 4 is 52.7 Å². The second-order valence-corrected chi connectivity index (χ2v) is 5.31. The molecule has 112 valence electrons. The van der Waals surface area contributed by atoms with Gasteiger partial charge >= 0.3 is 0 Å². The summed E-state index contributed by atoms with van der Waals surface area (Å²) in [4.78, 5) is 41.4. The monoisotopic (exact) mass is 380 g/mol. The summed E-state index contributed by atoms with van der Waals surface area (Å²) in [6.07, 6.45) is 2.51. The lowest BCUT2D eigenvalue weighted by molar-refractivity contribution is 0.109. The molecule has 0 radical (unpaired) electrons. The van der Waals surface area contributed by atoms with Crippen LogP contribution in [0.25, 0.3) is 0 Å². The fraction of sp³-hybridized carbons (Fsp3) is 0. The first-order valence-electron chi connectivity index (χ1n) is 5.96. The average Bonchev–Trinajstić information content (AvgIpc) is 2.54. The molecule has 0 saturated heterocycles. The van der Waals surface area contributed by atoms with Gasteiger partial charge in [0.1, 0.15) is 0 Å². The predicted molar refractivity (Wildman–Crippen MR) is 87.1 cm³/mol. The number of hydrogen-bond donors (Lipinski definition) is 0. The topological polar surface area (TPSA) is 68.3 Å². The lowest BCUT2D eigenvalue weighted by Gasteiger charge is -1.96. The quantitative estimate of drug-likeness (QED) is 0.750. The molecule has 0 aromatic heterocycles. The minimum Gasteiger partial charge on any atom is -0.298 e. The van der Waals surface area contributed by atoms with Gasteiger partial charge in [-0.25, -0.2) is 0 Å². The zero-order valence-corrected chi connectivity index (χ0v) is 13.5. The maximum Gasteiger partial charge on any atom is 0.152 e. The summed E-state index contributed by atoms with van der Waals surface area (Å²) in [7, 11) is 0. The number of carbonyl (C=O) groups excluding carboxylic acids is 4. The van der Waals surface area contributed by atoms with Gasteiger partial charge in [-0.05, 0) is 24.3 Å². The molecule has 0 saturated carbocycles. The highest BCUT2D eigenvalue weighted by molar-refractivity contribution is 9.10. The van der Waals surface area contributed by atoms with Gasteiger partial charge < -0.3 is 0 Å². The van der Waals surface area contributed by atoms with Gasteiger partial charge in [-0.15, -0.1) is 0 Å². The molecule has 0 fully saturated rings. The first-order chi connectivity index (χ1) is 10.6. The molecular formula is C16H10BrClO4. The Bertz CT molecular complexity index is 707. The molecule has 4 nitrogen and oxygen atoms in total. The standard InChI is InChI=1S/C8H5BrO2.C8H5ClO2/c9-8-2-1-6(4-10)7(3-8)5-11;9-8-3-1-2-6(4-10)7(8)5-11/h2*1-5H. The molecule has 0 aliphatic heterocycles. The Morgan fingerprint density at radius 3 is 1.91 bits per heavy atom. The van der Waals surface area contributed by atoms with E-state index in [0.29, 0.717) is 46.9 Å². The lowest BCUT2D eigenvalue weighted by atomic mass is 10.1. The molecule has 0 unspecified atom stereocenters. The van der Waals surface area contributed by atoms with Crippen LogP contribution in [-0.2, 0) is 0 Å². The fourth-order valence-corrected chi connectivity index (χ4v) is 2.14. The largest absolute Gasteiger partial charge is 0.298 e. The minimum absolute atomic E-state index is 0.254. The van der Waals surface area contributed by atoms with Crippen LogP contribution >= 0.6 is 27.5 Å². The number of aldehydes is 4. The molecule has 0 bridgehead atoms. The average molecular weight is 382 g/mol. The van der Waals surface area contributed by atoms with E-state index in [9.17, 15) is 19.2 Å². The van der Waals surface area contributed by atoms with Crippen molar-refractivity contribution in [2.45, 2.75) is 0 Å². The molecule has 0 amide bonds. The Kier molecular flexibility index (Phi) is 7.36. The van der Waals surface area contributed by atoms with Crippen molar-refractivity contribution in [3.63, 3.8) is 0 Å². The highest BCUT2D eigenvalue weighted by Gasteiger charge is 2.03. The number of rotatable bonds is 4. The van der Waals surface area contributed by atoms with Crippen LogP contribution < -0.4 is 0 Å². The molecule has 0 N–H and O–H groups in total. The molecule has 2 aromatic carbocycles. The molecule has 0 aliphatic rings. The van der Waals surface area contributed by atoms with E-state index in [1.807, 2.05) is 0 Å². The van der Waals surface area contributed by atoms with Gasteiger partial charge in [-0.3, -0.25) is 19.2 Å². The number of halogens is 2. The van der Waals surface area contributed by atoms with E-state index in [2.05, 4.69) is 15.9 Å². The molecular weight excluding hydrogens is 372 g/mol. The third kappa shape index (κ3) is 4.72. The van der Waals surface area contributed by atoms with Gasteiger partial charge in [-0.1, -0.05) is 39.7 Å².